The van der Waals surface area contributed by atoms with E-state index in [1.807, 2.05) is 60.7 Å². The van der Waals surface area contributed by atoms with Crippen molar-refractivity contribution < 1.29 is 9.47 Å². The van der Waals surface area contributed by atoms with Gasteiger partial charge in [-0.3, -0.25) is 0 Å². The highest BCUT2D eigenvalue weighted by Gasteiger charge is 2.16. The molecule has 0 fully saturated rings. The van der Waals surface area contributed by atoms with Gasteiger partial charge in [-0.05, 0) is 42.5 Å². The van der Waals surface area contributed by atoms with Gasteiger partial charge in [0, 0.05) is 11.3 Å². The maximum Gasteiger partial charge on any atom is 0.151 e. The zero-order valence-electron chi connectivity index (χ0n) is 15.9. The molecule has 4 aromatic rings. The average Bonchev–Trinajstić information content (AvgIpc) is 2.77. The zero-order valence-corrected chi connectivity index (χ0v) is 15.9. The van der Waals surface area contributed by atoms with Crippen molar-refractivity contribution in [2.24, 2.45) is 0 Å². The van der Waals surface area contributed by atoms with Gasteiger partial charge in [-0.2, -0.15) is 0 Å². The van der Waals surface area contributed by atoms with Crippen LogP contribution in [0.3, 0.4) is 0 Å². The van der Waals surface area contributed by atoms with E-state index in [-0.39, 0.29) is 0 Å². The summed E-state index contributed by atoms with van der Waals surface area (Å²) in [5.74, 6) is 1.92. The fraction of sp³-hybridized carbons (Fsp3) is 0.0435. The van der Waals surface area contributed by atoms with Crippen molar-refractivity contribution in [3.63, 3.8) is 0 Å². The van der Waals surface area contributed by atoms with Gasteiger partial charge < -0.3 is 20.9 Å². The first-order chi connectivity index (χ1) is 14.2. The zero-order chi connectivity index (χ0) is 20.2. The molecule has 0 atom stereocenters. The molecular weight excluding hydrogens is 364 g/mol. The lowest BCUT2D eigenvalue weighted by molar-refractivity contribution is 0.416. The Labute approximate surface area is 168 Å². The van der Waals surface area contributed by atoms with Crippen LogP contribution in [0.5, 0.6) is 17.2 Å². The molecule has 144 valence electrons. The second kappa shape index (κ2) is 7.90. The predicted octanol–water partition coefficient (Wildman–Crippen LogP) is 4.78. The molecule has 0 bridgehead atoms. The van der Waals surface area contributed by atoms with Crippen molar-refractivity contribution in [2.75, 3.05) is 18.6 Å². The molecule has 0 saturated carbocycles. The lowest BCUT2D eigenvalue weighted by Crippen LogP contribution is -2.01. The normalized spacial score (nSPS) is 10.5. The maximum absolute atomic E-state index is 6.42. The molecule has 4 rings (SSSR count). The van der Waals surface area contributed by atoms with Crippen LogP contribution >= 0.6 is 0 Å². The van der Waals surface area contributed by atoms with E-state index >= 15 is 0 Å². The van der Waals surface area contributed by atoms with E-state index in [2.05, 4.69) is 9.97 Å². The van der Waals surface area contributed by atoms with Gasteiger partial charge in [-0.1, -0.05) is 30.3 Å². The molecule has 0 aliphatic carbocycles. The largest absolute Gasteiger partial charge is 0.496 e. The van der Waals surface area contributed by atoms with Crippen molar-refractivity contribution in [2.45, 2.75) is 0 Å². The maximum atomic E-state index is 6.42. The lowest BCUT2D eigenvalue weighted by atomic mass is 10.0. The van der Waals surface area contributed by atoms with Crippen molar-refractivity contribution in [1.82, 2.24) is 9.97 Å². The molecule has 3 aromatic carbocycles. The summed E-state index contributed by atoms with van der Waals surface area (Å²) < 4.78 is 11.4. The van der Waals surface area contributed by atoms with Gasteiger partial charge in [0.15, 0.2) is 5.75 Å². The minimum absolute atomic E-state index is 0.415. The van der Waals surface area contributed by atoms with E-state index in [0.29, 0.717) is 39.8 Å². The second-order valence-corrected chi connectivity index (χ2v) is 6.35. The Morgan fingerprint density at radius 2 is 1.48 bits per heavy atom. The Balaban J connectivity index is 1.78. The molecule has 29 heavy (non-hydrogen) atoms. The molecule has 4 N–H and O–H groups in total. The highest BCUT2D eigenvalue weighted by Crippen LogP contribution is 2.40. The van der Waals surface area contributed by atoms with Gasteiger partial charge in [0.05, 0.1) is 29.7 Å². The molecule has 1 heterocycles. The molecule has 0 saturated heterocycles. The molecule has 0 unspecified atom stereocenters. The van der Waals surface area contributed by atoms with Crippen LogP contribution in [0.15, 0.2) is 79.1 Å². The number of aromatic nitrogens is 2. The molecule has 0 radical (unpaired) electrons. The minimum atomic E-state index is 0.415. The van der Waals surface area contributed by atoms with Gasteiger partial charge >= 0.3 is 0 Å². The molecular formula is C23H20N4O2. The van der Waals surface area contributed by atoms with Crippen LogP contribution in [0.25, 0.3) is 22.5 Å². The number of nitrogen functional groups attached to an aromatic ring is 2. The fourth-order valence-corrected chi connectivity index (χ4v) is 3.11. The van der Waals surface area contributed by atoms with Crippen molar-refractivity contribution >= 4 is 11.4 Å². The summed E-state index contributed by atoms with van der Waals surface area (Å²) in [7, 11) is 1.63. The minimum Gasteiger partial charge on any atom is -0.496 e. The number of anilines is 2. The van der Waals surface area contributed by atoms with Gasteiger partial charge in [-0.25, -0.2) is 9.97 Å². The Hall–Kier alpha value is -4.06. The smallest absolute Gasteiger partial charge is 0.151 e. The van der Waals surface area contributed by atoms with Gasteiger partial charge in [-0.15, -0.1) is 0 Å². The Morgan fingerprint density at radius 1 is 0.759 bits per heavy atom. The monoisotopic (exact) mass is 384 g/mol. The van der Waals surface area contributed by atoms with E-state index in [1.54, 1.807) is 19.2 Å². The van der Waals surface area contributed by atoms with Gasteiger partial charge in [0.1, 0.15) is 17.8 Å². The summed E-state index contributed by atoms with van der Waals surface area (Å²) >= 11 is 0. The van der Waals surface area contributed by atoms with Crippen LogP contribution in [-0.4, -0.2) is 17.1 Å². The van der Waals surface area contributed by atoms with E-state index < -0.39 is 0 Å². The topological polar surface area (TPSA) is 96.3 Å². The van der Waals surface area contributed by atoms with E-state index in [1.165, 1.54) is 6.33 Å². The highest BCUT2D eigenvalue weighted by molar-refractivity contribution is 5.89. The van der Waals surface area contributed by atoms with Gasteiger partial charge in [0.2, 0.25) is 0 Å². The Kier molecular flexibility index (Phi) is 4.99. The summed E-state index contributed by atoms with van der Waals surface area (Å²) in [6.07, 6.45) is 1.49. The number of nitrogens with two attached hydrogens (primary N) is 2. The van der Waals surface area contributed by atoms with Crippen molar-refractivity contribution in [3.8, 4) is 39.8 Å². The average molecular weight is 384 g/mol. The number of para-hydroxylation sites is 2. The van der Waals surface area contributed by atoms with Gasteiger partial charge in [0.25, 0.3) is 0 Å². The summed E-state index contributed by atoms with van der Waals surface area (Å²) in [5, 5.41) is 0. The predicted molar refractivity (Wildman–Crippen MR) is 115 cm³/mol. The number of hydrogen-bond donors (Lipinski definition) is 2. The van der Waals surface area contributed by atoms with Crippen molar-refractivity contribution in [1.29, 1.82) is 0 Å². The number of hydrogen-bond acceptors (Lipinski definition) is 6. The van der Waals surface area contributed by atoms with Crippen LogP contribution in [0.1, 0.15) is 0 Å². The first-order valence-corrected chi connectivity index (χ1v) is 9.04. The highest BCUT2D eigenvalue weighted by atomic mass is 16.5. The molecule has 6 nitrogen and oxygen atoms in total. The first-order valence-electron chi connectivity index (χ1n) is 9.04. The lowest BCUT2D eigenvalue weighted by Gasteiger charge is -2.15. The third-order valence-electron chi connectivity index (χ3n) is 4.51. The number of nitrogens with zero attached hydrogens (tertiary/aromatic N) is 2. The molecule has 1 aromatic heterocycles. The van der Waals surface area contributed by atoms with Crippen LogP contribution in [0.4, 0.5) is 11.4 Å². The molecule has 0 aliphatic rings. The molecule has 0 amide bonds. The van der Waals surface area contributed by atoms with Crippen LogP contribution in [0.2, 0.25) is 0 Å². The number of benzene rings is 3. The molecule has 6 heteroatoms. The summed E-state index contributed by atoms with van der Waals surface area (Å²) in [5.41, 5.74) is 16.4. The summed E-state index contributed by atoms with van der Waals surface area (Å²) in [4.78, 5) is 8.78. The second-order valence-electron chi connectivity index (χ2n) is 6.35. The Bertz CT molecular complexity index is 1150. The number of methoxy groups -OCH3 is 1. The molecule has 0 aliphatic heterocycles. The van der Waals surface area contributed by atoms with E-state index in [0.717, 1.165) is 11.3 Å². The Morgan fingerprint density at radius 3 is 2.28 bits per heavy atom. The summed E-state index contributed by atoms with van der Waals surface area (Å²) in [6.45, 7) is 0. The third-order valence-corrected chi connectivity index (χ3v) is 4.51. The molecule has 0 spiro atoms. The quantitative estimate of drug-likeness (QED) is 0.481. The van der Waals surface area contributed by atoms with Crippen molar-refractivity contribution in [3.05, 3.63) is 79.1 Å². The summed E-state index contributed by atoms with van der Waals surface area (Å²) in [6, 6.07) is 22.4. The first kappa shape index (κ1) is 18.3. The SMILES string of the molecule is COc1ccccc1-c1cc(-c2c(N)ccc(Oc3ccccc3)c2N)ncn1. The van der Waals surface area contributed by atoms with E-state index in [9.17, 15) is 0 Å². The van der Waals surface area contributed by atoms with Crippen LogP contribution < -0.4 is 20.9 Å². The van der Waals surface area contributed by atoms with Crippen LogP contribution in [0, 0.1) is 0 Å². The standard InChI is InChI=1S/C23H20N4O2/c1-28-20-10-6-5-9-16(20)18-13-19(27-14-26-18)22-17(24)11-12-21(23(22)25)29-15-7-3-2-4-8-15/h2-14H,24-25H2,1H3. The van der Waals surface area contributed by atoms with Crippen LogP contribution in [-0.2, 0) is 0 Å². The van der Waals surface area contributed by atoms with E-state index in [4.69, 9.17) is 20.9 Å². The number of rotatable bonds is 5. The number of ether oxygens (including phenoxy) is 2. The third kappa shape index (κ3) is 3.68. The fourth-order valence-electron chi connectivity index (χ4n) is 3.11.